The third-order valence-electron chi connectivity index (χ3n) is 4.44. The van der Waals surface area contributed by atoms with Gasteiger partial charge in [-0.15, -0.1) is 0 Å². The van der Waals surface area contributed by atoms with Gasteiger partial charge in [-0.2, -0.15) is 0 Å². The van der Waals surface area contributed by atoms with Gasteiger partial charge in [-0.3, -0.25) is 0 Å². The lowest BCUT2D eigenvalue weighted by Gasteiger charge is -2.40. The van der Waals surface area contributed by atoms with Crippen LogP contribution in [-0.4, -0.2) is 21.1 Å². The molecule has 0 unspecified atom stereocenters. The molecule has 0 atom stereocenters. The quantitative estimate of drug-likeness (QED) is 0.270. The fourth-order valence-corrected chi connectivity index (χ4v) is 8.44. The molecule has 0 saturated carbocycles. The van der Waals surface area contributed by atoms with Gasteiger partial charge in [-0.25, -0.2) is 4.79 Å². The van der Waals surface area contributed by atoms with Crippen molar-refractivity contribution in [2.45, 2.75) is 97.2 Å². The van der Waals surface area contributed by atoms with Gasteiger partial charge in [0.15, 0.2) is 0 Å². The Bertz CT molecular complexity index is 266. The summed E-state index contributed by atoms with van der Waals surface area (Å²) in [6.45, 7) is 15.7. The van der Waals surface area contributed by atoms with Crippen LogP contribution in [0.5, 0.6) is 0 Å². The van der Waals surface area contributed by atoms with Crippen molar-refractivity contribution in [3.8, 4) is 0 Å². The number of rotatable bonds is 10. The lowest BCUT2D eigenvalue weighted by atomic mass is 10.2. The van der Waals surface area contributed by atoms with Crippen LogP contribution < -0.4 is 0 Å². The maximum atomic E-state index is 12.1. The average molecular weight is 317 g/mol. The molecular weight excluding hydrogens is 280 g/mol. The Balaban J connectivity index is 4.36. The summed E-state index contributed by atoms with van der Waals surface area (Å²) in [5, 5.41) is 0. The van der Waals surface area contributed by atoms with Crippen molar-refractivity contribution in [3.05, 3.63) is 0 Å². The molecule has 0 aliphatic heterocycles. The van der Waals surface area contributed by atoms with E-state index in [0.717, 1.165) is 12.8 Å². The summed E-state index contributed by atoms with van der Waals surface area (Å²) in [5.74, 6) is 0. The SMILES string of the molecule is CCCCCCCOC(=O)O[Si](C(C)C)(C(C)C)C(C)C. The fraction of sp³-hybridized carbons (Fsp3) is 0.941. The van der Waals surface area contributed by atoms with Crippen molar-refractivity contribution in [2.24, 2.45) is 0 Å². The summed E-state index contributed by atoms with van der Waals surface area (Å²) in [6.07, 6.45) is 5.32. The molecule has 0 saturated heterocycles. The van der Waals surface area contributed by atoms with Gasteiger partial charge in [-0.05, 0) is 23.0 Å². The molecule has 0 spiro atoms. The van der Waals surface area contributed by atoms with Gasteiger partial charge in [0, 0.05) is 0 Å². The first kappa shape index (κ1) is 20.5. The summed E-state index contributed by atoms with van der Waals surface area (Å²) in [4.78, 5) is 12.1. The Labute approximate surface area is 132 Å². The number of hydrogen-bond acceptors (Lipinski definition) is 3. The molecule has 0 aromatic rings. The second-order valence-corrected chi connectivity index (χ2v) is 12.3. The Hall–Kier alpha value is -0.513. The number of hydrogen-bond donors (Lipinski definition) is 0. The fourth-order valence-electron chi connectivity index (χ4n) is 3.39. The molecule has 21 heavy (non-hydrogen) atoms. The monoisotopic (exact) mass is 316 g/mol. The van der Waals surface area contributed by atoms with Crippen LogP contribution in [0.1, 0.15) is 80.6 Å². The van der Waals surface area contributed by atoms with E-state index in [0.29, 0.717) is 23.2 Å². The molecule has 4 heteroatoms. The van der Waals surface area contributed by atoms with Crippen molar-refractivity contribution in [3.63, 3.8) is 0 Å². The second kappa shape index (κ2) is 10.3. The van der Waals surface area contributed by atoms with Crippen LogP contribution in [-0.2, 0) is 9.16 Å². The van der Waals surface area contributed by atoms with E-state index in [-0.39, 0.29) is 0 Å². The van der Waals surface area contributed by atoms with E-state index in [1.54, 1.807) is 0 Å². The zero-order chi connectivity index (χ0) is 16.5. The van der Waals surface area contributed by atoms with Crippen molar-refractivity contribution in [2.75, 3.05) is 6.61 Å². The highest BCUT2D eigenvalue weighted by molar-refractivity contribution is 6.78. The normalized spacial score (nSPS) is 12.3. The van der Waals surface area contributed by atoms with Crippen LogP contribution in [0.4, 0.5) is 4.79 Å². The first-order valence-corrected chi connectivity index (χ1v) is 10.8. The number of unbranched alkanes of at least 4 members (excludes halogenated alkanes) is 4. The van der Waals surface area contributed by atoms with Crippen molar-refractivity contribution >= 4 is 14.5 Å². The van der Waals surface area contributed by atoms with E-state index in [1.807, 2.05) is 0 Å². The summed E-state index contributed by atoms with van der Waals surface area (Å²) in [7, 11) is -2.15. The lowest BCUT2D eigenvalue weighted by Crippen LogP contribution is -2.49. The van der Waals surface area contributed by atoms with E-state index in [1.165, 1.54) is 19.3 Å². The minimum absolute atomic E-state index is 0.398. The second-order valence-electron chi connectivity index (χ2n) is 6.93. The minimum atomic E-state index is -2.15. The van der Waals surface area contributed by atoms with Crippen molar-refractivity contribution in [1.29, 1.82) is 0 Å². The Morgan fingerprint density at radius 2 is 1.33 bits per heavy atom. The molecule has 0 bridgehead atoms. The highest BCUT2D eigenvalue weighted by atomic mass is 28.4. The number of carbonyl (C=O) groups is 1. The molecule has 0 aromatic heterocycles. The summed E-state index contributed by atoms with van der Waals surface area (Å²) >= 11 is 0. The molecule has 3 nitrogen and oxygen atoms in total. The van der Waals surface area contributed by atoms with Crippen LogP contribution in [0, 0.1) is 0 Å². The van der Waals surface area contributed by atoms with Crippen LogP contribution in [0.25, 0.3) is 0 Å². The molecule has 0 amide bonds. The molecule has 0 heterocycles. The van der Waals surface area contributed by atoms with E-state index in [9.17, 15) is 4.79 Å². The Morgan fingerprint density at radius 1 is 0.857 bits per heavy atom. The van der Waals surface area contributed by atoms with E-state index >= 15 is 0 Å². The molecule has 0 rings (SSSR count). The molecule has 0 fully saturated rings. The number of ether oxygens (including phenoxy) is 1. The van der Waals surface area contributed by atoms with Crippen molar-refractivity contribution in [1.82, 2.24) is 0 Å². The predicted molar refractivity (Wildman–Crippen MR) is 92.2 cm³/mol. The van der Waals surface area contributed by atoms with Gasteiger partial charge in [0.25, 0.3) is 8.32 Å². The highest BCUT2D eigenvalue weighted by Gasteiger charge is 2.48. The zero-order valence-corrected chi connectivity index (χ0v) is 16.2. The Kier molecular flexibility index (Phi) is 10.0. The smallest absolute Gasteiger partial charge is 0.488 e. The Morgan fingerprint density at radius 3 is 1.76 bits per heavy atom. The molecule has 0 aliphatic carbocycles. The van der Waals surface area contributed by atoms with Crippen molar-refractivity contribution < 1.29 is 14.0 Å². The molecular formula is C17H36O3Si. The largest absolute Gasteiger partial charge is 0.494 e. The maximum absolute atomic E-state index is 12.1. The van der Waals surface area contributed by atoms with Crippen LogP contribution >= 0.6 is 0 Å². The van der Waals surface area contributed by atoms with Gasteiger partial charge < -0.3 is 9.16 Å². The molecule has 0 N–H and O–H groups in total. The summed E-state index contributed by atoms with van der Waals surface area (Å²) in [6, 6.07) is 0. The lowest BCUT2D eigenvalue weighted by molar-refractivity contribution is 0.0912. The third kappa shape index (κ3) is 6.41. The number of carbonyl (C=O) groups excluding carboxylic acids is 1. The van der Waals surface area contributed by atoms with Gasteiger partial charge in [0.05, 0.1) is 6.61 Å². The topological polar surface area (TPSA) is 35.5 Å². The summed E-state index contributed by atoms with van der Waals surface area (Å²) in [5.41, 5.74) is 1.19. The van der Waals surface area contributed by atoms with Gasteiger partial charge in [0.1, 0.15) is 0 Å². The van der Waals surface area contributed by atoms with Crippen LogP contribution in [0.15, 0.2) is 0 Å². The van der Waals surface area contributed by atoms with Crippen LogP contribution in [0.3, 0.4) is 0 Å². The molecule has 0 aliphatic rings. The standard InChI is InChI=1S/C17H36O3Si/c1-8-9-10-11-12-13-19-17(18)20-21(14(2)3,15(4)5)16(6)7/h14-16H,8-13H2,1-7H3. The maximum Gasteiger partial charge on any atom is 0.494 e. The first-order chi connectivity index (χ1) is 9.78. The highest BCUT2D eigenvalue weighted by Crippen LogP contribution is 2.42. The van der Waals surface area contributed by atoms with E-state index < -0.39 is 14.5 Å². The minimum Gasteiger partial charge on any atom is -0.488 e. The van der Waals surface area contributed by atoms with Gasteiger partial charge in [-0.1, -0.05) is 74.1 Å². The summed E-state index contributed by atoms with van der Waals surface area (Å²) < 4.78 is 11.2. The predicted octanol–water partition coefficient (Wildman–Crippen LogP) is 6.29. The molecule has 126 valence electrons. The zero-order valence-electron chi connectivity index (χ0n) is 15.2. The average Bonchev–Trinajstić information content (AvgIpc) is 2.38. The van der Waals surface area contributed by atoms with Gasteiger partial charge in [0.2, 0.25) is 0 Å². The third-order valence-corrected chi connectivity index (χ3v) is 10.4. The van der Waals surface area contributed by atoms with Crippen LogP contribution in [0.2, 0.25) is 16.6 Å². The molecule has 0 radical (unpaired) electrons. The van der Waals surface area contributed by atoms with E-state index in [4.69, 9.17) is 9.16 Å². The van der Waals surface area contributed by atoms with Gasteiger partial charge >= 0.3 is 6.16 Å². The van der Waals surface area contributed by atoms with E-state index in [2.05, 4.69) is 48.5 Å². The first-order valence-electron chi connectivity index (χ1n) is 8.64. The molecule has 0 aromatic carbocycles.